The van der Waals surface area contributed by atoms with Crippen molar-refractivity contribution in [2.24, 2.45) is 5.73 Å². The zero-order valence-electron chi connectivity index (χ0n) is 10.8. The third-order valence-corrected chi connectivity index (χ3v) is 4.76. The molecule has 2 N–H and O–H groups in total. The van der Waals surface area contributed by atoms with E-state index in [-0.39, 0.29) is 0 Å². The van der Waals surface area contributed by atoms with Gasteiger partial charge in [0, 0.05) is 19.1 Å². The van der Waals surface area contributed by atoms with Crippen LogP contribution in [-0.4, -0.2) is 18.2 Å². The van der Waals surface area contributed by atoms with Crippen LogP contribution in [0.5, 0.6) is 0 Å². The van der Waals surface area contributed by atoms with Gasteiger partial charge in [-0.25, -0.2) is 4.98 Å². The van der Waals surface area contributed by atoms with Gasteiger partial charge in [0.25, 0.3) is 0 Å². The molecule has 1 fully saturated rings. The zero-order valence-corrected chi connectivity index (χ0v) is 11.7. The minimum absolute atomic E-state index is 0.446. The summed E-state index contributed by atoms with van der Waals surface area (Å²) in [7, 11) is 0. The molecule has 1 saturated heterocycles. The summed E-state index contributed by atoms with van der Waals surface area (Å²) in [5.74, 6) is 0.446. The highest BCUT2D eigenvalue weighted by Crippen LogP contribution is 2.36. The zero-order chi connectivity index (χ0) is 13.1. The van der Waals surface area contributed by atoms with Crippen LogP contribution < -0.4 is 5.73 Å². The fraction of sp³-hybridized carbons (Fsp3) is 0.400. The van der Waals surface area contributed by atoms with Gasteiger partial charge in [0.2, 0.25) is 0 Å². The molecule has 2 aromatic rings. The van der Waals surface area contributed by atoms with Crippen LogP contribution in [0, 0.1) is 0 Å². The van der Waals surface area contributed by atoms with Gasteiger partial charge in [-0.1, -0.05) is 30.3 Å². The van der Waals surface area contributed by atoms with Gasteiger partial charge in [-0.15, -0.1) is 11.3 Å². The van der Waals surface area contributed by atoms with Crippen LogP contribution in [0.25, 0.3) is 10.4 Å². The van der Waals surface area contributed by atoms with Gasteiger partial charge >= 0.3 is 0 Å². The van der Waals surface area contributed by atoms with Crippen LogP contribution in [0.15, 0.2) is 30.3 Å². The van der Waals surface area contributed by atoms with E-state index in [1.54, 1.807) is 11.3 Å². The van der Waals surface area contributed by atoms with E-state index in [0.717, 1.165) is 25.3 Å². The molecule has 2 heterocycles. The molecule has 0 spiro atoms. The third kappa shape index (κ3) is 2.71. The maximum Gasteiger partial charge on any atom is 0.0989 e. The highest BCUT2D eigenvalue weighted by Gasteiger charge is 2.21. The first-order valence-electron chi connectivity index (χ1n) is 6.71. The number of aromatic nitrogens is 1. The molecule has 0 bridgehead atoms. The summed E-state index contributed by atoms with van der Waals surface area (Å²) in [5, 5.41) is 1.18. The summed E-state index contributed by atoms with van der Waals surface area (Å²) in [6, 6.07) is 10.4. The first-order valence-corrected chi connectivity index (χ1v) is 7.53. The Labute approximate surface area is 117 Å². The Morgan fingerprint density at radius 1 is 1.32 bits per heavy atom. The van der Waals surface area contributed by atoms with E-state index < -0.39 is 0 Å². The van der Waals surface area contributed by atoms with Gasteiger partial charge in [0.1, 0.15) is 0 Å². The van der Waals surface area contributed by atoms with Crippen LogP contribution in [0.4, 0.5) is 0 Å². The third-order valence-electron chi connectivity index (χ3n) is 3.45. The maximum atomic E-state index is 5.84. The van der Waals surface area contributed by atoms with E-state index in [1.165, 1.54) is 21.9 Å². The van der Waals surface area contributed by atoms with Crippen LogP contribution in [0.3, 0.4) is 0 Å². The molecule has 1 atom stereocenters. The molecule has 1 unspecified atom stereocenters. The minimum atomic E-state index is 0.446. The Kier molecular flexibility index (Phi) is 3.92. The number of benzene rings is 1. The normalized spacial score (nSPS) is 19.5. The van der Waals surface area contributed by atoms with Crippen LogP contribution >= 0.6 is 11.3 Å². The summed E-state index contributed by atoms with van der Waals surface area (Å²) in [4.78, 5) is 5.95. The molecule has 1 aliphatic rings. The highest BCUT2D eigenvalue weighted by molar-refractivity contribution is 7.15. The molecule has 1 aliphatic heterocycles. The molecule has 0 amide bonds. The van der Waals surface area contributed by atoms with Gasteiger partial charge in [-0.05, 0) is 18.4 Å². The molecule has 19 heavy (non-hydrogen) atoms. The molecule has 0 aliphatic carbocycles. The first kappa shape index (κ1) is 12.8. The number of rotatable bonds is 3. The van der Waals surface area contributed by atoms with Gasteiger partial charge in [0.15, 0.2) is 0 Å². The number of thiazole rings is 1. The van der Waals surface area contributed by atoms with Crippen molar-refractivity contribution in [2.45, 2.75) is 25.3 Å². The number of hydrogen-bond acceptors (Lipinski definition) is 4. The fourth-order valence-corrected chi connectivity index (χ4v) is 3.65. The Hall–Kier alpha value is -1.23. The van der Waals surface area contributed by atoms with Crippen LogP contribution in [0.2, 0.25) is 0 Å². The first-order chi connectivity index (χ1) is 9.38. The van der Waals surface area contributed by atoms with Crippen molar-refractivity contribution in [2.75, 3.05) is 13.2 Å². The molecule has 100 valence electrons. The smallest absolute Gasteiger partial charge is 0.0989 e. The number of ether oxygens (including phenoxy) is 1. The van der Waals surface area contributed by atoms with Gasteiger partial charge in [-0.2, -0.15) is 0 Å². The van der Waals surface area contributed by atoms with Gasteiger partial charge in [-0.3, -0.25) is 0 Å². The van der Waals surface area contributed by atoms with Crippen molar-refractivity contribution in [1.82, 2.24) is 4.98 Å². The Bertz CT molecular complexity index is 532. The lowest BCUT2D eigenvalue weighted by molar-refractivity contribution is 0.0803. The Morgan fingerprint density at radius 3 is 2.84 bits per heavy atom. The van der Waals surface area contributed by atoms with Crippen molar-refractivity contribution in [3.63, 3.8) is 0 Å². The fourth-order valence-electron chi connectivity index (χ4n) is 2.43. The largest absolute Gasteiger partial charge is 0.381 e. The number of nitrogens with two attached hydrogens (primary N) is 1. The minimum Gasteiger partial charge on any atom is -0.381 e. The van der Waals surface area contributed by atoms with E-state index in [0.29, 0.717) is 12.5 Å². The molecule has 0 saturated carbocycles. The summed E-state index contributed by atoms with van der Waals surface area (Å²) >= 11 is 1.77. The molecule has 0 radical (unpaired) electrons. The topological polar surface area (TPSA) is 48.1 Å². The van der Waals surface area contributed by atoms with Crippen molar-refractivity contribution in [1.29, 1.82) is 0 Å². The molecule has 1 aromatic carbocycles. The predicted octanol–water partition coefficient (Wildman–Crippen LogP) is 3.16. The van der Waals surface area contributed by atoms with Gasteiger partial charge < -0.3 is 10.5 Å². The summed E-state index contributed by atoms with van der Waals surface area (Å²) < 4.78 is 5.56. The molecular formula is C15H18N2OS. The maximum absolute atomic E-state index is 5.84. The van der Waals surface area contributed by atoms with Crippen molar-refractivity contribution in [3.8, 4) is 10.4 Å². The molecule has 3 rings (SSSR count). The Morgan fingerprint density at radius 2 is 2.16 bits per heavy atom. The molecule has 4 heteroatoms. The quantitative estimate of drug-likeness (QED) is 0.935. The van der Waals surface area contributed by atoms with Crippen LogP contribution in [-0.2, 0) is 11.3 Å². The lowest BCUT2D eigenvalue weighted by atomic mass is 10.0. The van der Waals surface area contributed by atoms with Gasteiger partial charge in [0.05, 0.1) is 22.2 Å². The lowest BCUT2D eigenvalue weighted by Gasteiger charge is -2.19. The molecule has 3 nitrogen and oxygen atoms in total. The van der Waals surface area contributed by atoms with E-state index in [4.69, 9.17) is 15.5 Å². The van der Waals surface area contributed by atoms with E-state index >= 15 is 0 Å². The average Bonchev–Trinajstić information content (AvgIpc) is 2.93. The number of nitrogens with zero attached hydrogens (tertiary/aromatic N) is 1. The predicted molar refractivity (Wildman–Crippen MR) is 78.2 cm³/mol. The standard InChI is InChI=1S/C15H18N2OS/c16-9-13-14(11-5-2-1-3-6-11)19-15(17-13)12-7-4-8-18-10-12/h1-3,5-6,12H,4,7-10,16H2. The number of hydrogen-bond donors (Lipinski definition) is 1. The summed E-state index contributed by atoms with van der Waals surface area (Å²) in [6.07, 6.45) is 2.30. The summed E-state index contributed by atoms with van der Waals surface area (Å²) in [6.45, 7) is 2.18. The van der Waals surface area contributed by atoms with Crippen LogP contribution in [0.1, 0.15) is 29.5 Å². The highest BCUT2D eigenvalue weighted by atomic mass is 32.1. The SMILES string of the molecule is NCc1nc(C2CCCOC2)sc1-c1ccccc1. The van der Waals surface area contributed by atoms with E-state index in [2.05, 4.69) is 24.3 Å². The van der Waals surface area contributed by atoms with E-state index in [1.807, 2.05) is 6.07 Å². The van der Waals surface area contributed by atoms with Crippen molar-refractivity contribution in [3.05, 3.63) is 41.0 Å². The monoisotopic (exact) mass is 274 g/mol. The second-order valence-corrected chi connectivity index (χ2v) is 5.84. The van der Waals surface area contributed by atoms with Crippen molar-refractivity contribution < 1.29 is 4.74 Å². The second kappa shape index (κ2) is 5.82. The molecular weight excluding hydrogens is 256 g/mol. The second-order valence-electron chi connectivity index (χ2n) is 4.81. The molecule has 1 aromatic heterocycles. The van der Waals surface area contributed by atoms with E-state index in [9.17, 15) is 0 Å². The Balaban J connectivity index is 1.94. The average molecular weight is 274 g/mol. The lowest BCUT2D eigenvalue weighted by Crippen LogP contribution is -2.15. The van der Waals surface area contributed by atoms with Crippen molar-refractivity contribution >= 4 is 11.3 Å². The summed E-state index contributed by atoms with van der Waals surface area (Å²) in [5.41, 5.74) is 8.07.